The van der Waals surface area contributed by atoms with E-state index in [9.17, 15) is 9.18 Å². The Kier molecular flexibility index (Phi) is 4.16. The summed E-state index contributed by atoms with van der Waals surface area (Å²) in [6.07, 6.45) is 0. The highest BCUT2D eigenvalue weighted by Crippen LogP contribution is 2.22. The third-order valence-corrected chi connectivity index (χ3v) is 3.72. The smallest absolute Gasteiger partial charge is 0.221 e. The third-order valence-electron chi connectivity index (χ3n) is 2.69. The summed E-state index contributed by atoms with van der Waals surface area (Å²) in [7, 11) is 0. The minimum absolute atomic E-state index is 0.174. The average Bonchev–Trinajstić information content (AvgIpc) is 2.75. The fraction of sp³-hybridized carbons (Fsp3) is 0.214. The molecule has 1 aromatic heterocycles. The molecule has 0 spiro atoms. The van der Waals surface area contributed by atoms with Crippen LogP contribution in [0.2, 0.25) is 0 Å². The van der Waals surface area contributed by atoms with Crippen molar-refractivity contribution < 1.29 is 9.18 Å². The van der Waals surface area contributed by atoms with Crippen molar-refractivity contribution >= 4 is 28.6 Å². The highest BCUT2D eigenvalue weighted by molar-refractivity contribution is 7.10. The molecule has 0 atom stereocenters. The second-order valence-electron chi connectivity index (χ2n) is 4.26. The molecule has 0 unspecified atom stereocenters. The highest BCUT2D eigenvalue weighted by Gasteiger charge is 2.06. The van der Waals surface area contributed by atoms with Crippen LogP contribution in [0.1, 0.15) is 17.4 Å². The Balaban J connectivity index is 2.11. The number of hydrogen-bond acceptors (Lipinski definition) is 3. The van der Waals surface area contributed by atoms with Crippen molar-refractivity contribution in [2.75, 3.05) is 10.6 Å². The summed E-state index contributed by atoms with van der Waals surface area (Å²) in [6.45, 7) is 4.02. The molecule has 0 aliphatic heterocycles. The number of carbonyl (C=O) groups is 1. The first-order valence-electron chi connectivity index (χ1n) is 5.90. The summed E-state index contributed by atoms with van der Waals surface area (Å²) in [5, 5.41) is 7.70. The molecule has 1 heterocycles. The fourth-order valence-corrected chi connectivity index (χ4v) is 2.55. The third kappa shape index (κ3) is 3.54. The number of amides is 1. The summed E-state index contributed by atoms with van der Waals surface area (Å²) in [6, 6.07) is 6.51. The lowest BCUT2D eigenvalue weighted by Crippen LogP contribution is -2.07. The zero-order valence-corrected chi connectivity index (χ0v) is 11.6. The second-order valence-corrected chi connectivity index (χ2v) is 5.26. The minimum Gasteiger partial charge on any atom is -0.378 e. The first kappa shape index (κ1) is 13.5. The highest BCUT2D eigenvalue weighted by atomic mass is 32.1. The Morgan fingerprint density at radius 3 is 2.79 bits per heavy atom. The van der Waals surface area contributed by atoms with Crippen molar-refractivity contribution in [1.82, 2.24) is 0 Å². The normalized spacial score (nSPS) is 10.3. The van der Waals surface area contributed by atoms with E-state index >= 15 is 0 Å². The standard InChI is InChI=1S/C14H15FN2OS/c1-9-5-6-19-14(9)8-16-13-7-11(17-10(2)18)3-4-12(13)15/h3-7,16H,8H2,1-2H3,(H,17,18). The molecule has 1 amide bonds. The maximum atomic E-state index is 13.7. The maximum absolute atomic E-state index is 13.7. The van der Waals surface area contributed by atoms with E-state index in [4.69, 9.17) is 0 Å². The van der Waals surface area contributed by atoms with Crippen molar-refractivity contribution in [3.05, 3.63) is 45.9 Å². The van der Waals surface area contributed by atoms with Crippen LogP contribution in [0.5, 0.6) is 0 Å². The molecule has 0 saturated carbocycles. The molecule has 1 aromatic carbocycles. The van der Waals surface area contributed by atoms with Crippen LogP contribution in [-0.2, 0) is 11.3 Å². The first-order chi connectivity index (χ1) is 9.06. The summed E-state index contributed by atoms with van der Waals surface area (Å²) in [4.78, 5) is 12.1. The summed E-state index contributed by atoms with van der Waals surface area (Å²) >= 11 is 1.63. The van der Waals surface area contributed by atoms with Gasteiger partial charge in [0.1, 0.15) is 5.82 Å². The van der Waals surface area contributed by atoms with Gasteiger partial charge in [-0.2, -0.15) is 0 Å². The van der Waals surface area contributed by atoms with Crippen LogP contribution in [-0.4, -0.2) is 5.91 Å². The van der Waals surface area contributed by atoms with Gasteiger partial charge in [-0.15, -0.1) is 11.3 Å². The Morgan fingerprint density at radius 2 is 2.16 bits per heavy atom. The Morgan fingerprint density at radius 1 is 1.37 bits per heavy atom. The van der Waals surface area contributed by atoms with Crippen molar-refractivity contribution in [1.29, 1.82) is 0 Å². The molecule has 0 radical (unpaired) electrons. The number of rotatable bonds is 4. The van der Waals surface area contributed by atoms with E-state index in [1.807, 2.05) is 18.4 Å². The van der Waals surface area contributed by atoms with Gasteiger partial charge in [-0.1, -0.05) is 0 Å². The van der Waals surface area contributed by atoms with E-state index in [1.165, 1.54) is 29.5 Å². The van der Waals surface area contributed by atoms with Crippen LogP contribution >= 0.6 is 11.3 Å². The monoisotopic (exact) mass is 278 g/mol. The zero-order chi connectivity index (χ0) is 13.8. The van der Waals surface area contributed by atoms with Crippen LogP contribution in [0.25, 0.3) is 0 Å². The van der Waals surface area contributed by atoms with Gasteiger partial charge in [0.25, 0.3) is 0 Å². The second kappa shape index (κ2) is 5.84. The Bertz CT molecular complexity index is 595. The van der Waals surface area contributed by atoms with Crippen LogP contribution in [0, 0.1) is 12.7 Å². The van der Waals surface area contributed by atoms with E-state index in [2.05, 4.69) is 10.6 Å². The molecule has 0 bridgehead atoms. The minimum atomic E-state index is -0.330. The predicted molar refractivity (Wildman–Crippen MR) is 77.1 cm³/mol. The van der Waals surface area contributed by atoms with Gasteiger partial charge in [0.05, 0.1) is 5.69 Å². The molecule has 100 valence electrons. The number of thiophene rings is 1. The van der Waals surface area contributed by atoms with Crippen LogP contribution < -0.4 is 10.6 Å². The molecule has 0 aliphatic carbocycles. The summed E-state index contributed by atoms with van der Waals surface area (Å²) in [5.41, 5.74) is 2.16. The predicted octanol–water partition coefficient (Wildman–Crippen LogP) is 3.77. The van der Waals surface area contributed by atoms with Gasteiger partial charge in [0.2, 0.25) is 5.91 Å². The van der Waals surface area contributed by atoms with Crippen LogP contribution in [0.3, 0.4) is 0 Å². The molecule has 2 rings (SSSR count). The number of aryl methyl sites for hydroxylation is 1. The molecular weight excluding hydrogens is 263 g/mol. The van der Waals surface area contributed by atoms with Crippen molar-refractivity contribution in [3.8, 4) is 0 Å². The zero-order valence-electron chi connectivity index (χ0n) is 10.8. The molecular formula is C14H15FN2OS. The van der Waals surface area contributed by atoms with Gasteiger partial charge in [-0.3, -0.25) is 4.79 Å². The number of nitrogens with one attached hydrogen (secondary N) is 2. The molecule has 3 nitrogen and oxygen atoms in total. The Hall–Kier alpha value is -1.88. The molecule has 0 aliphatic rings. The van der Waals surface area contributed by atoms with Gasteiger partial charge in [0.15, 0.2) is 0 Å². The first-order valence-corrected chi connectivity index (χ1v) is 6.78. The van der Waals surface area contributed by atoms with Gasteiger partial charge in [-0.25, -0.2) is 4.39 Å². The molecule has 0 saturated heterocycles. The number of hydrogen-bond donors (Lipinski definition) is 2. The lowest BCUT2D eigenvalue weighted by Gasteiger charge is -2.09. The van der Waals surface area contributed by atoms with E-state index in [0.29, 0.717) is 17.9 Å². The summed E-state index contributed by atoms with van der Waals surface area (Å²) in [5.74, 6) is -0.505. The van der Waals surface area contributed by atoms with E-state index in [-0.39, 0.29) is 11.7 Å². The van der Waals surface area contributed by atoms with Crippen LogP contribution in [0.15, 0.2) is 29.6 Å². The van der Waals surface area contributed by atoms with Crippen LogP contribution in [0.4, 0.5) is 15.8 Å². The van der Waals surface area contributed by atoms with Gasteiger partial charge < -0.3 is 10.6 Å². The van der Waals surface area contributed by atoms with Gasteiger partial charge in [0, 0.05) is 24.0 Å². The average molecular weight is 278 g/mol. The molecule has 2 aromatic rings. The quantitative estimate of drug-likeness (QED) is 0.894. The summed E-state index contributed by atoms with van der Waals surface area (Å²) < 4.78 is 13.7. The van der Waals surface area contributed by atoms with E-state index in [0.717, 1.165) is 0 Å². The number of halogens is 1. The van der Waals surface area contributed by atoms with Gasteiger partial charge in [-0.05, 0) is 42.1 Å². The number of anilines is 2. The maximum Gasteiger partial charge on any atom is 0.221 e. The Labute approximate surface area is 115 Å². The lowest BCUT2D eigenvalue weighted by atomic mass is 10.2. The largest absolute Gasteiger partial charge is 0.378 e. The van der Waals surface area contributed by atoms with Gasteiger partial charge >= 0.3 is 0 Å². The van der Waals surface area contributed by atoms with Crippen molar-refractivity contribution in [3.63, 3.8) is 0 Å². The number of carbonyl (C=O) groups excluding carboxylic acids is 1. The fourth-order valence-electron chi connectivity index (χ4n) is 1.70. The van der Waals surface area contributed by atoms with Crippen molar-refractivity contribution in [2.24, 2.45) is 0 Å². The molecule has 2 N–H and O–H groups in total. The van der Waals surface area contributed by atoms with Crippen molar-refractivity contribution in [2.45, 2.75) is 20.4 Å². The number of benzene rings is 1. The van der Waals surface area contributed by atoms with E-state index < -0.39 is 0 Å². The molecule has 19 heavy (non-hydrogen) atoms. The topological polar surface area (TPSA) is 41.1 Å². The van der Waals surface area contributed by atoms with E-state index in [1.54, 1.807) is 17.4 Å². The molecule has 0 fully saturated rings. The molecule has 5 heteroatoms. The lowest BCUT2D eigenvalue weighted by molar-refractivity contribution is -0.114. The SMILES string of the molecule is CC(=O)Nc1ccc(F)c(NCc2sccc2C)c1.